The third-order valence-electron chi connectivity index (χ3n) is 4.01. The van der Waals surface area contributed by atoms with Crippen molar-refractivity contribution in [2.75, 3.05) is 14.2 Å². The van der Waals surface area contributed by atoms with Crippen LogP contribution in [0.1, 0.15) is 26.3 Å². The molecule has 0 bridgehead atoms. The quantitative estimate of drug-likeness (QED) is 0.613. The molecule has 0 atom stereocenters. The van der Waals surface area contributed by atoms with Crippen molar-refractivity contribution in [1.29, 1.82) is 0 Å². The molecule has 4 nitrogen and oxygen atoms in total. The molecule has 0 fully saturated rings. The Kier molecular flexibility index (Phi) is 5.45. The highest BCUT2D eigenvalue weighted by Crippen LogP contribution is 2.39. The Morgan fingerprint density at radius 3 is 2.29 bits per heavy atom. The van der Waals surface area contributed by atoms with Crippen molar-refractivity contribution < 1.29 is 18.7 Å². The van der Waals surface area contributed by atoms with E-state index in [0.717, 1.165) is 11.3 Å². The molecule has 0 heterocycles. The number of hydrogen-bond acceptors (Lipinski definition) is 4. The van der Waals surface area contributed by atoms with Crippen LogP contribution < -0.4 is 9.16 Å². The van der Waals surface area contributed by atoms with Gasteiger partial charge in [-0.2, -0.15) is 0 Å². The summed E-state index contributed by atoms with van der Waals surface area (Å²) in [6.45, 7) is 10.9. The first-order chi connectivity index (χ1) is 9.60. The van der Waals surface area contributed by atoms with Gasteiger partial charge in [0, 0.05) is 11.6 Å². The highest BCUT2D eigenvalue weighted by Gasteiger charge is 2.39. The van der Waals surface area contributed by atoms with Crippen LogP contribution in [0.3, 0.4) is 0 Å². The highest BCUT2D eigenvalue weighted by molar-refractivity contribution is 6.74. The van der Waals surface area contributed by atoms with E-state index in [9.17, 15) is 4.79 Å². The Labute approximate surface area is 128 Å². The monoisotopic (exact) mass is 310 g/mol. The third-order valence-corrected chi connectivity index (χ3v) is 8.35. The summed E-state index contributed by atoms with van der Waals surface area (Å²) in [6.07, 6.45) is 0.199. The van der Waals surface area contributed by atoms with Crippen molar-refractivity contribution >= 4 is 14.3 Å². The molecule has 0 aliphatic heterocycles. The highest BCUT2D eigenvalue weighted by atomic mass is 28.4. The molecule has 118 valence electrons. The Hall–Kier alpha value is -1.49. The molecule has 1 aromatic carbocycles. The van der Waals surface area contributed by atoms with E-state index < -0.39 is 8.32 Å². The standard InChI is InChI=1S/C16H26O4Si/c1-16(2,3)21(6,7)20-14-11-13(18-4)9-8-12(14)10-15(17)19-5/h8-9,11H,10H2,1-7H3. The van der Waals surface area contributed by atoms with Crippen molar-refractivity contribution in [3.05, 3.63) is 23.8 Å². The first kappa shape index (κ1) is 17.6. The van der Waals surface area contributed by atoms with Crippen molar-refractivity contribution in [1.82, 2.24) is 0 Å². The fourth-order valence-corrected chi connectivity index (χ4v) is 2.60. The van der Waals surface area contributed by atoms with E-state index in [2.05, 4.69) is 33.9 Å². The minimum Gasteiger partial charge on any atom is -0.543 e. The van der Waals surface area contributed by atoms with Crippen LogP contribution in [0.4, 0.5) is 0 Å². The largest absolute Gasteiger partial charge is 0.543 e. The molecule has 0 aliphatic carbocycles. The summed E-state index contributed by atoms with van der Waals surface area (Å²) < 4.78 is 16.3. The second kappa shape index (κ2) is 6.51. The van der Waals surface area contributed by atoms with Gasteiger partial charge in [0.2, 0.25) is 8.32 Å². The fraction of sp³-hybridized carbons (Fsp3) is 0.562. The molecule has 1 aromatic rings. The van der Waals surface area contributed by atoms with Crippen LogP contribution in [0, 0.1) is 0 Å². The maximum atomic E-state index is 11.6. The molecule has 21 heavy (non-hydrogen) atoms. The van der Waals surface area contributed by atoms with E-state index >= 15 is 0 Å². The third kappa shape index (κ3) is 4.49. The number of methoxy groups -OCH3 is 2. The molecule has 1 rings (SSSR count). The first-order valence-electron chi connectivity index (χ1n) is 7.03. The predicted octanol–water partition coefficient (Wildman–Crippen LogP) is 3.79. The summed E-state index contributed by atoms with van der Waals surface area (Å²) in [5.41, 5.74) is 0.826. The average molecular weight is 310 g/mol. The molecule has 0 aromatic heterocycles. The number of benzene rings is 1. The van der Waals surface area contributed by atoms with Crippen molar-refractivity contribution in [2.24, 2.45) is 0 Å². The second-order valence-electron chi connectivity index (χ2n) is 6.59. The van der Waals surface area contributed by atoms with Gasteiger partial charge in [-0.05, 0) is 24.2 Å². The molecular formula is C16H26O4Si. The summed E-state index contributed by atoms with van der Waals surface area (Å²) >= 11 is 0. The Balaban J connectivity index is 3.15. The molecule has 0 amide bonds. The first-order valence-corrected chi connectivity index (χ1v) is 9.94. The van der Waals surface area contributed by atoms with Gasteiger partial charge in [-0.1, -0.05) is 26.8 Å². The smallest absolute Gasteiger partial charge is 0.310 e. The summed E-state index contributed by atoms with van der Waals surface area (Å²) in [6, 6.07) is 5.54. The van der Waals surface area contributed by atoms with Gasteiger partial charge < -0.3 is 13.9 Å². The van der Waals surface area contributed by atoms with Crippen LogP contribution in [-0.2, 0) is 16.0 Å². The number of carbonyl (C=O) groups excluding carboxylic acids is 1. The van der Waals surface area contributed by atoms with Gasteiger partial charge >= 0.3 is 5.97 Å². The number of ether oxygens (including phenoxy) is 2. The minimum absolute atomic E-state index is 0.0820. The van der Waals surface area contributed by atoms with E-state index in [4.69, 9.17) is 13.9 Å². The maximum absolute atomic E-state index is 11.6. The zero-order valence-electron chi connectivity index (χ0n) is 14.1. The van der Waals surface area contributed by atoms with E-state index in [0.29, 0.717) is 5.75 Å². The Morgan fingerprint density at radius 1 is 1.19 bits per heavy atom. The molecular weight excluding hydrogens is 284 g/mol. The van der Waals surface area contributed by atoms with Gasteiger partial charge in [0.05, 0.1) is 20.6 Å². The fourth-order valence-electron chi connectivity index (χ4n) is 1.56. The van der Waals surface area contributed by atoms with E-state index in [1.54, 1.807) is 7.11 Å². The van der Waals surface area contributed by atoms with Gasteiger partial charge in [-0.15, -0.1) is 0 Å². The van der Waals surface area contributed by atoms with Crippen LogP contribution in [0.15, 0.2) is 18.2 Å². The van der Waals surface area contributed by atoms with Crippen LogP contribution in [-0.4, -0.2) is 28.5 Å². The molecule has 0 radical (unpaired) electrons. The topological polar surface area (TPSA) is 44.8 Å². The molecule has 0 N–H and O–H groups in total. The predicted molar refractivity (Wildman–Crippen MR) is 86.5 cm³/mol. The van der Waals surface area contributed by atoms with Crippen LogP contribution in [0.25, 0.3) is 0 Å². The van der Waals surface area contributed by atoms with Gasteiger partial charge in [-0.3, -0.25) is 4.79 Å². The van der Waals surface area contributed by atoms with Gasteiger partial charge in [0.15, 0.2) is 0 Å². The van der Waals surface area contributed by atoms with Gasteiger partial charge in [0.1, 0.15) is 11.5 Å². The van der Waals surface area contributed by atoms with Crippen LogP contribution in [0.2, 0.25) is 18.1 Å². The summed E-state index contributed by atoms with van der Waals surface area (Å²) in [7, 11) is 1.02. The van der Waals surface area contributed by atoms with Crippen molar-refractivity contribution in [3.63, 3.8) is 0 Å². The lowest BCUT2D eigenvalue weighted by atomic mass is 10.1. The second-order valence-corrected chi connectivity index (χ2v) is 11.3. The molecule has 0 unspecified atom stereocenters. The zero-order valence-corrected chi connectivity index (χ0v) is 15.1. The summed E-state index contributed by atoms with van der Waals surface area (Å²) in [5.74, 6) is 1.16. The van der Waals surface area contributed by atoms with Crippen molar-refractivity contribution in [3.8, 4) is 11.5 Å². The number of esters is 1. The van der Waals surface area contributed by atoms with E-state index in [1.807, 2.05) is 18.2 Å². The van der Waals surface area contributed by atoms with Crippen molar-refractivity contribution in [2.45, 2.75) is 45.3 Å². The SMILES string of the molecule is COC(=O)Cc1ccc(OC)cc1O[Si](C)(C)C(C)(C)C. The Bertz CT molecular complexity index is 503. The summed E-state index contributed by atoms with van der Waals surface area (Å²) in [4.78, 5) is 11.6. The zero-order chi connectivity index (χ0) is 16.3. The van der Waals surface area contributed by atoms with Gasteiger partial charge in [0.25, 0.3) is 0 Å². The van der Waals surface area contributed by atoms with Crippen LogP contribution >= 0.6 is 0 Å². The maximum Gasteiger partial charge on any atom is 0.310 e. The Morgan fingerprint density at radius 2 is 1.81 bits per heavy atom. The lowest BCUT2D eigenvalue weighted by molar-refractivity contribution is -0.139. The summed E-state index contributed by atoms with van der Waals surface area (Å²) in [5, 5.41) is 0.0820. The minimum atomic E-state index is -1.98. The number of hydrogen-bond donors (Lipinski definition) is 0. The van der Waals surface area contributed by atoms with Gasteiger partial charge in [-0.25, -0.2) is 0 Å². The number of carbonyl (C=O) groups is 1. The van der Waals surface area contributed by atoms with E-state index in [-0.39, 0.29) is 17.4 Å². The number of rotatable bonds is 5. The lowest BCUT2D eigenvalue weighted by Gasteiger charge is -2.37. The lowest BCUT2D eigenvalue weighted by Crippen LogP contribution is -2.44. The molecule has 5 heteroatoms. The molecule has 0 saturated heterocycles. The normalized spacial score (nSPS) is 12.0. The average Bonchev–Trinajstić information content (AvgIpc) is 2.38. The van der Waals surface area contributed by atoms with Crippen LogP contribution in [0.5, 0.6) is 11.5 Å². The molecule has 0 spiro atoms. The molecule has 0 saturated carbocycles. The molecule has 0 aliphatic rings. The van der Waals surface area contributed by atoms with E-state index in [1.165, 1.54) is 7.11 Å².